The third kappa shape index (κ3) is 7.31. The lowest BCUT2D eigenvalue weighted by atomic mass is 9.98. The van der Waals surface area contributed by atoms with Crippen LogP contribution in [0, 0.1) is 5.92 Å². The number of halogens is 3. The number of anilines is 2. The lowest BCUT2D eigenvalue weighted by molar-refractivity contribution is -0.125. The second-order valence-corrected chi connectivity index (χ2v) is 11.4. The summed E-state index contributed by atoms with van der Waals surface area (Å²) in [6, 6.07) is 13.3. The summed E-state index contributed by atoms with van der Waals surface area (Å²) in [7, 11) is 0.982. The predicted molar refractivity (Wildman–Crippen MR) is 160 cm³/mol. The van der Waals surface area contributed by atoms with Gasteiger partial charge in [-0.25, -0.2) is 4.98 Å². The fraction of sp³-hybridized carbons (Fsp3) is 0.414. The number of aromatic nitrogens is 1. The smallest absolute Gasteiger partial charge is 0.362 e. The zero-order valence-electron chi connectivity index (χ0n) is 22.8. The summed E-state index contributed by atoms with van der Waals surface area (Å²) in [6.07, 6.45) is -1.52. The van der Waals surface area contributed by atoms with Gasteiger partial charge >= 0.3 is 6.30 Å². The van der Waals surface area contributed by atoms with E-state index >= 15 is 0 Å². The van der Waals surface area contributed by atoms with E-state index < -0.39 is 6.30 Å². The molecule has 3 aromatic rings. The van der Waals surface area contributed by atoms with E-state index in [1.807, 2.05) is 12.1 Å². The number of benzene rings is 2. The minimum atomic E-state index is -4.46. The van der Waals surface area contributed by atoms with E-state index in [1.54, 1.807) is 29.6 Å². The van der Waals surface area contributed by atoms with Gasteiger partial charge in [0.2, 0.25) is 0 Å². The molecule has 2 aromatic carbocycles. The number of hydrogen-bond donors (Lipinski definition) is 2. The average molecular weight is 590 g/mol. The Kier molecular flexibility index (Phi) is 9.68. The standard InChI is InChI=1S/C29H34F3N5OS2/c1-4-19(2)17-33-28(39)37-15-13-21(14-16-37)27-35-25(18-40-27)26(38)34-24-8-6-5-7-23(24)20-9-11-22(12-10-20)36(3)29(30,31)32/h5-12,18-19,21H,4,13-17H2,1-3H3,(H,33,39)(H,34,38). The van der Waals surface area contributed by atoms with E-state index in [2.05, 4.69) is 34.4 Å². The summed E-state index contributed by atoms with van der Waals surface area (Å²) in [5, 5.41) is 9.84. The summed E-state index contributed by atoms with van der Waals surface area (Å²) in [4.78, 5) is 20.2. The van der Waals surface area contributed by atoms with Crippen LogP contribution in [-0.4, -0.2) is 53.9 Å². The minimum absolute atomic E-state index is 0.0304. The van der Waals surface area contributed by atoms with Crippen molar-refractivity contribution in [3.63, 3.8) is 0 Å². The van der Waals surface area contributed by atoms with Gasteiger partial charge in [-0.1, -0.05) is 50.6 Å². The number of thiocarbonyl (C=S) groups is 1. The van der Waals surface area contributed by atoms with Crippen molar-refractivity contribution in [3.8, 4) is 11.1 Å². The number of nitrogens with zero attached hydrogens (tertiary/aromatic N) is 3. The molecule has 0 aliphatic carbocycles. The summed E-state index contributed by atoms with van der Waals surface area (Å²) < 4.78 is 39.1. The number of nitrogens with one attached hydrogen (secondary N) is 2. The second-order valence-electron chi connectivity index (χ2n) is 10.1. The van der Waals surface area contributed by atoms with Crippen LogP contribution in [0.5, 0.6) is 0 Å². The van der Waals surface area contributed by atoms with E-state index in [4.69, 9.17) is 12.2 Å². The molecule has 214 valence electrons. The molecule has 0 saturated carbocycles. The molecule has 11 heteroatoms. The van der Waals surface area contributed by atoms with Crippen LogP contribution in [0.3, 0.4) is 0 Å². The third-order valence-corrected chi connectivity index (χ3v) is 8.72. The Labute approximate surface area is 242 Å². The van der Waals surface area contributed by atoms with Gasteiger partial charge in [-0.15, -0.1) is 11.3 Å². The molecule has 1 aliphatic heterocycles. The summed E-state index contributed by atoms with van der Waals surface area (Å²) in [6.45, 7) is 6.95. The van der Waals surface area contributed by atoms with Crippen molar-refractivity contribution in [3.05, 3.63) is 64.6 Å². The van der Waals surface area contributed by atoms with E-state index in [0.29, 0.717) is 28.4 Å². The highest BCUT2D eigenvalue weighted by atomic mass is 32.1. The van der Waals surface area contributed by atoms with Crippen molar-refractivity contribution in [2.45, 2.75) is 45.3 Å². The molecular weight excluding hydrogens is 555 g/mol. The van der Waals surface area contributed by atoms with Crippen LogP contribution in [0.2, 0.25) is 0 Å². The Morgan fingerprint density at radius 2 is 1.85 bits per heavy atom. The highest BCUT2D eigenvalue weighted by Gasteiger charge is 2.34. The van der Waals surface area contributed by atoms with Gasteiger partial charge in [0.25, 0.3) is 5.91 Å². The van der Waals surface area contributed by atoms with Crippen LogP contribution in [0.1, 0.15) is 54.5 Å². The molecule has 40 heavy (non-hydrogen) atoms. The summed E-state index contributed by atoms with van der Waals surface area (Å²) in [5.74, 6) is 0.533. The molecule has 1 aliphatic rings. The molecule has 1 fully saturated rings. The minimum Gasteiger partial charge on any atom is -0.362 e. The van der Waals surface area contributed by atoms with Crippen molar-refractivity contribution in [2.24, 2.45) is 5.92 Å². The predicted octanol–water partition coefficient (Wildman–Crippen LogP) is 7.12. The maximum atomic E-state index is 13.1. The highest BCUT2D eigenvalue weighted by Crippen LogP contribution is 2.33. The fourth-order valence-corrected chi connectivity index (χ4v) is 5.71. The van der Waals surface area contributed by atoms with Gasteiger partial charge in [-0.05, 0) is 54.7 Å². The SMILES string of the molecule is CCC(C)CNC(=S)N1CCC(c2nc(C(=O)Nc3ccccc3-c3ccc(N(C)C(F)(F)F)cc3)cs2)CC1. The molecule has 1 atom stereocenters. The van der Waals surface area contributed by atoms with Gasteiger partial charge in [0.05, 0.1) is 5.01 Å². The van der Waals surface area contributed by atoms with E-state index in [0.717, 1.165) is 56.1 Å². The molecule has 2 heterocycles. The van der Waals surface area contributed by atoms with Crippen LogP contribution >= 0.6 is 23.6 Å². The molecule has 2 N–H and O–H groups in total. The molecule has 4 rings (SSSR count). The normalized spacial score (nSPS) is 15.0. The first-order valence-electron chi connectivity index (χ1n) is 13.4. The molecule has 0 radical (unpaired) electrons. The first-order chi connectivity index (χ1) is 19.1. The van der Waals surface area contributed by atoms with E-state index in [9.17, 15) is 18.0 Å². The molecule has 1 aromatic heterocycles. The molecule has 1 amide bonds. The lowest BCUT2D eigenvalue weighted by Gasteiger charge is -2.33. The number of thiazole rings is 1. The number of para-hydroxylation sites is 1. The van der Waals surface area contributed by atoms with Crippen LogP contribution in [0.25, 0.3) is 11.1 Å². The number of amides is 1. The first kappa shape index (κ1) is 29.8. The van der Waals surface area contributed by atoms with Gasteiger partial charge in [-0.2, -0.15) is 13.2 Å². The summed E-state index contributed by atoms with van der Waals surface area (Å²) >= 11 is 7.07. The Morgan fingerprint density at radius 1 is 1.18 bits per heavy atom. The maximum Gasteiger partial charge on any atom is 0.484 e. The van der Waals surface area contributed by atoms with Crippen molar-refractivity contribution < 1.29 is 18.0 Å². The van der Waals surface area contributed by atoms with E-state index in [-0.39, 0.29) is 22.4 Å². The molecule has 1 saturated heterocycles. The number of piperidine rings is 1. The topological polar surface area (TPSA) is 60.5 Å². The zero-order valence-corrected chi connectivity index (χ0v) is 24.4. The number of likely N-dealkylation sites (tertiary alicyclic amines) is 1. The second kappa shape index (κ2) is 13.0. The molecule has 0 spiro atoms. The summed E-state index contributed by atoms with van der Waals surface area (Å²) in [5.41, 5.74) is 2.34. The average Bonchev–Trinajstić information content (AvgIpc) is 3.46. The van der Waals surface area contributed by atoms with E-state index in [1.165, 1.54) is 23.5 Å². The van der Waals surface area contributed by atoms with Gasteiger partial charge in [0, 0.05) is 54.9 Å². The van der Waals surface area contributed by atoms with Crippen LogP contribution < -0.4 is 15.5 Å². The quantitative estimate of drug-likeness (QED) is 0.216. The third-order valence-electron chi connectivity index (χ3n) is 7.31. The molecule has 1 unspecified atom stereocenters. The Morgan fingerprint density at radius 3 is 2.50 bits per heavy atom. The molecule has 6 nitrogen and oxygen atoms in total. The van der Waals surface area contributed by atoms with Gasteiger partial charge < -0.3 is 15.5 Å². The number of carbonyl (C=O) groups is 1. The van der Waals surface area contributed by atoms with Crippen LogP contribution in [0.4, 0.5) is 24.5 Å². The number of carbonyl (C=O) groups excluding carboxylic acids is 1. The Balaban J connectivity index is 1.37. The van der Waals surface area contributed by atoms with Gasteiger partial charge in [0.15, 0.2) is 5.11 Å². The van der Waals surface area contributed by atoms with Gasteiger partial charge in [0.1, 0.15) is 5.69 Å². The Hall–Kier alpha value is -3.18. The maximum absolute atomic E-state index is 13.1. The number of hydrogen-bond acceptors (Lipinski definition) is 5. The monoisotopic (exact) mass is 589 g/mol. The van der Waals surface area contributed by atoms with Gasteiger partial charge in [-0.3, -0.25) is 9.69 Å². The van der Waals surface area contributed by atoms with Crippen molar-refractivity contribution in [1.29, 1.82) is 0 Å². The number of alkyl halides is 3. The lowest BCUT2D eigenvalue weighted by Crippen LogP contribution is -2.45. The Bertz CT molecular complexity index is 1300. The van der Waals surface area contributed by atoms with Crippen LogP contribution in [-0.2, 0) is 0 Å². The number of rotatable bonds is 8. The van der Waals surface area contributed by atoms with Crippen molar-refractivity contribution >= 4 is 45.9 Å². The fourth-order valence-electron chi connectivity index (χ4n) is 4.47. The van der Waals surface area contributed by atoms with Crippen LogP contribution in [0.15, 0.2) is 53.9 Å². The van der Waals surface area contributed by atoms with Crippen molar-refractivity contribution in [2.75, 3.05) is 36.9 Å². The highest BCUT2D eigenvalue weighted by molar-refractivity contribution is 7.80. The van der Waals surface area contributed by atoms with Crippen molar-refractivity contribution in [1.82, 2.24) is 15.2 Å². The largest absolute Gasteiger partial charge is 0.484 e. The first-order valence-corrected chi connectivity index (χ1v) is 14.6. The molecule has 0 bridgehead atoms. The zero-order chi connectivity index (χ0) is 28.9. The molecular formula is C29H34F3N5OS2.